The van der Waals surface area contributed by atoms with Crippen LogP contribution in [0.5, 0.6) is 0 Å². The highest BCUT2D eigenvalue weighted by atomic mass is 35.5. The number of tetrazole rings is 1. The molecule has 0 spiro atoms. The van der Waals surface area contributed by atoms with Crippen LogP contribution in [0.15, 0.2) is 24.3 Å². The van der Waals surface area contributed by atoms with E-state index in [4.69, 9.17) is 5.73 Å². The van der Waals surface area contributed by atoms with Crippen LogP contribution in [-0.2, 0) is 11.2 Å². The fourth-order valence-electron chi connectivity index (χ4n) is 2.09. The number of aromatic nitrogens is 4. The Kier molecular flexibility index (Phi) is 6.80. The van der Waals surface area contributed by atoms with Gasteiger partial charge in [-0.2, -0.15) is 0 Å². The average molecular weight is 357 g/mol. The molecule has 2 rings (SSSR count). The highest BCUT2D eigenvalue weighted by Gasteiger charge is 2.25. The number of halogens is 2. The summed E-state index contributed by atoms with van der Waals surface area (Å²) in [4.78, 5) is 12.6. The van der Waals surface area contributed by atoms with Gasteiger partial charge < -0.3 is 11.1 Å². The normalized spacial score (nSPS) is 12.4. The van der Waals surface area contributed by atoms with Crippen molar-refractivity contribution < 1.29 is 9.18 Å². The maximum Gasteiger partial charge on any atom is 0.245 e. The number of aryl methyl sites for hydroxylation is 1. The van der Waals surface area contributed by atoms with Gasteiger partial charge in [0.15, 0.2) is 0 Å². The predicted molar refractivity (Wildman–Crippen MR) is 90.2 cm³/mol. The molecule has 1 amide bonds. The van der Waals surface area contributed by atoms with Gasteiger partial charge in [0.25, 0.3) is 0 Å². The van der Waals surface area contributed by atoms with E-state index in [-0.39, 0.29) is 24.1 Å². The van der Waals surface area contributed by atoms with Gasteiger partial charge >= 0.3 is 0 Å². The number of benzene rings is 1. The first-order valence-electron chi connectivity index (χ1n) is 7.32. The zero-order chi connectivity index (χ0) is 17.0. The lowest BCUT2D eigenvalue weighted by Crippen LogP contribution is -2.47. The summed E-state index contributed by atoms with van der Waals surface area (Å²) in [5, 5.41) is 14.1. The fourth-order valence-corrected chi connectivity index (χ4v) is 2.09. The zero-order valence-electron chi connectivity index (χ0n) is 13.9. The summed E-state index contributed by atoms with van der Waals surface area (Å²) < 4.78 is 14.5. The molecule has 132 valence electrons. The van der Waals surface area contributed by atoms with Gasteiger partial charge in [-0.3, -0.25) is 4.79 Å². The first kappa shape index (κ1) is 20.0. The number of nitrogens with zero attached hydrogens (tertiary/aromatic N) is 4. The number of hydrogen-bond donors (Lipinski definition) is 2. The minimum absolute atomic E-state index is 0. The second-order valence-electron chi connectivity index (χ2n) is 6.22. The largest absolute Gasteiger partial charge is 0.352 e. The van der Waals surface area contributed by atoms with E-state index in [9.17, 15) is 9.18 Å². The summed E-state index contributed by atoms with van der Waals surface area (Å²) in [6, 6.07) is 5.38. The Hall–Kier alpha value is -2.06. The van der Waals surface area contributed by atoms with Crippen molar-refractivity contribution in [2.24, 2.45) is 5.73 Å². The van der Waals surface area contributed by atoms with E-state index >= 15 is 0 Å². The highest BCUT2D eigenvalue weighted by molar-refractivity contribution is 5.85. The van der Waals surface area contributed by atoms with Gasteiger partial charge in [0, 0.05) is 18.5 Å². The molecule has 3 N–H and O–H groups in total. The molecule has 0 radical (unpaired) electrons. The number of carbonyl (C=O) groups is 1. The zero-order valence-corrected chi connectivity index (χ0v) is 14.7. The van der Waals surface area contributed by atoms with Crippen molar-refractivity contribution in [3.63, 3.8) is 0 Å². The monoisotopic (exact) mass is 356 g/mol. The van der Waals surface area contributed by atoms with Crippen LogP contribution in [0.1, 0.15) is 31.3 Å². The summed E-state index contributed by atoms with van der Waals surface area (Å²) in [7, 11) is 0. The molecule has 24 heavy (non-hydrogen) atoms. The Balaban J connectivity index is 0.00000288. The summed E-state index contributed by atoms with van der Waals surface area (Å²) in [5.74, 6) is -0.0271. The molecule has 1 heterocycles. The molecule has 0 aliphatic heterocycles. The Morgan fingerprint density at radius 2 is 2.00 bits per heavy atom. The van der Waals surface area contributed by atoms with E-state index in [1.54, 1.807) is 19.1 Å². The Labute approximate surface area is 146 Å². The van der Waals surface area contributed by atoms with Crippen LogP contribution in [0.2, 0.25) is 0 Å². The van der Waals surface area contributed by atoms with E-state index in [2.05, 4.69) is 20.8 Å². The molecule has 0 saturated heterocycles. The molecular weight excluding hydrogens is 335 g/mol. The van der Waals surface area contributed by atoms with Gasteiger partial charge in [0.1, 0.15) is 17.7 Å². The molecule has 1 unspecified atom stereocenters. The van der Waals surface area contributed by atoms with E-state index in [0.717, 1.165) is 5.56 Å². The predicted octanol–water partition coefficient (Wildman–Crippen LogP) is 1.18. The van der Waals surface area contributed by atoms with E-state index in [0.29, 0.717) is 18.8 Å². The number of nitrogens with two attached hydrogens (primary N) is 1. The van der Waals surface area contributed by atoms with Crippen LogP contribution in [0.3, 0.4) is 0 Å². The third-order valence-corrected chi connectivity index (χ3v) is 3.32. The first-order valence-corrected chi connectivity index (χ1v) is 7.32. The van der Waals surface area contributed by atoms with Crippen molar-refractivity contribution in [1.82, 2.24) is 25.5 Å². The van der Waals surface area contributed by atoms with Crippen molar-refractivity contribution in [1.29, 1.82) is 0 Å². The quantitative estimate of drug-likeness (QED) is 0.809. The molecule has 1 atom stereocenters. The molecule has 7 nitrogen and oxygen atoms in total. The smallest absolute Gasteiger partial charge is 0.245 e. The second-order valence-corrected chi connectivity index (χ2v) is 6.22. The number of amides is 1. The second kappa shape index (κ2) is 8.16. The van der Waals surface area contributed by atoms with Crippen LogP contribution in [0.4, 0.5) is 4.39 Å². The number of rotatable bonds is 6. The molecular formula is C15H22ClFN6O. The van der Waals surface area contributed by atoms with Gasteiger partial charge in [-0.25, -0.2) is 9.07 Å². The summed E-state index contributed by atoms with van der Waals surface area (Å²) in [6.07, 6.45) is 0.350. The van der Waals surface area contributed by atoms with Crippen LogP contribution in [0.25, 0.3) is 0 Å². The van der Waals surface area contributed by atoms with Crippen molar-refractivity contribution in [3.05, 3.63) is 41.5 Å². The van der Waals surface area contributed by atoms with Crippen molar-refractivity contribution >= 4 is 18.3 Å². The molecule has 1 aromatic heterocycles. The lowest BCUT2D eigenvalue weighted by Gasteiger charge is -2.22. The lowest BCUT2D eigenvalue weighted by atomic mass is 10.0. The Morgan fingerprint density at radius 1 is 1.38 bits per heavy atom. The van der Waals surface area contributed by atoms with Crippen molar-refractivity contribution in [2.45, 2.75) is 38.8 Å². The molecule has 0 bridgehead atoms. The van der Waals surface area contributed by atoms with Gasteiger partial charge in [-0.15, -0.1) is 17.5 Å². The molecule has 0 aliphatic rings. The Bertz CT molecular complexity index is 667. The molecule has 1 aromatic carbocycles. The molecule has 2 aromatic rings. The van der Waals surface area contributed by atoms with Crippen molar-refractivity contribution in [3.8, 4) is 0 Å². The highest BCUT2D eigenvalue weighted by Crippen LogP contribution is 2.16. The molecule has 0 aliphatic carbocycles. The van der Waals surface area contributed by atoms with Gasteiger partial charge in [0.05, 0.1) is 0 Å². The standard InChI is InChI=1S/C15H21FN6O.ClH/c1-10-19-20-21-22(10)13(14(23)18-9-15(2,3)17)8-11-4-6-12(16)7-5-11;/h4-7,13H,8-9,17H2,1-3H3,(H,18,23);1H. The first-order chi connectivity index (χ1) is 10.8. The summed E-state index contributed by atoms with van der Waals surface area (Å²) >= 11 is 0. The third kappa shape index (κ3) is 5.54. The number of hydrogen-bond acceptors (Lipinski definition) is 5. The molecule has 0 fully saturated rings. The number of nitrogens with one attached hydrogen (secondary N) is 1. The molecule has 0 saturated carbocycles. The third-order valence-electron chi connectivity index (χ3n) is 3.32. The van der Waals surface area contributed by atoms with Crippen molar-refractivity contribution in [2.75, 3.05) is 6.54 Å². The van der Waals surface area contributed by atoms with Crippen LogP contribution >= 0.6 is 12.4 Å². The van der Waals surface area contributed by atoms with Crippen LogP contribution in [0, 0.1) is 12.7 Å². The van der Waals surface area contributed by atoms with Gasteiger partial charge in [-0.1, -0.05) is 12.1 Å². The Morgan fingerprint density at radius 3 is 2.50 bits per heavy atom. The molecule has 9 heteroatoms. The summed E-state index contributed by atoms with van der Waals surface area (Å²) in [6.45, 7) is 5.69. The average Bonchev–Trinajstić information content (AvgIpc) is 2.89. The fraction of sp³-hybridized carbons (Fsp3) is 0.467. The van der Waals surface area contributed by atoms with Crippen LogP contribution in [-0.4, -0.2) is 38.2 Å². The maximum absolute atomic E-state index is 13.0. The lowest BCUT2D eigenvalue weighted by molar-refractivity contribution is -0.124. The number of carbonyl (C=O) groups excluding carboxylic acids is 1. The maximum atomic E-state index is 13.0. The van der Waals surface area contributed by atoms with Gasteiger partial charge in [0.2, 0.25) is 5.91 Å². The van der Waals surface area contributed by atoms with E-state index in [1.165, 1.54) is 16.8 Å². The topological polar surface area (TPSA) is 98.7 Å². The van der Waals surface area contributed by atoms with Gasteiger partial charge in [-0.05, 0) is 48.9 Å². The van der Waals surface area contributed by atoms with E-state index < -0.39 is 11.6 Å². The van der Waals surface area contributed by atoms with Crippen LogP contribution < -0.4 is 11.1 Å². The minimum Gasteiger partial charge on any atom is -0.352 e. The SMILES string of the molecule is Cc1nnnn1C(Cc1ccc(F)cc1)C(=O)NCC(C)(C)N.Cl. The summed E-state index contributed by atoms with van der Waals surface area (Å²) in [5.41, 5.74) is 6.19. The minimum atomic E-state index is -0.627. The van der Waals surface area contributed by atoms with E-state index in [1.807, 2.05) is 13.8 Å².